The molecular weight excluding hydrogens is 240 g/mol. The van der Waals surface area contributed by atoms with Crippen molar-refractivity contribution in [2.45, 2.75) is 18.2 Å². The van der Waals surface area contributed by atoms with Gasteiger partial charge in [0, 0.05) is 9.60 Å². The summed E-state index contributed by atoms with van der Waals surface area (Å²) in [6, 6.07) is 3.98. The molecule has 0 aliphatic carbocycles. The molecule has 0 unspecified atom stereocenters. The highest BCUT2D eigenvalue weighted by molar-refractivity contribution is 7.80. The molecule has 0 N–H and O–H groups in total. The van der Waals surface area contributed by atoms with E-state index in [9.17, 15) is 4.79 Å². The third kappa shape index (κ3) is 1.95. The van der Waals surface area contributed by atoms with Crippen LogP contribution in [0.2, 0.25) is 0 Å². The summed E-state index contributed by atoms with van der Waals surface area (Å²) in [7, 11) is 1.41. The highest BCUT2D eigenvalue weighted by atomic mass is 32.1. The fourth-order valence-corrected chi connectivity index (χ4v) is 2.99. The van der Waals surface area contributed by atoms with Crippen LogP contribution in [0.25, 0.3) is 10.1 Å². The topological polar surface area (TPSA) is 26.3 Å². The highest BCUT2D eigenvalue weighted by Crippen LogP contribution is 2.32. The van der Waals surface area contributed by atoms with Crippen molar-refractivity contribution < 1.29 is 9.53 Å². The van der Waals surface area contributed by atoms with Gasteiger partial charge in [0.1, 0.15) is 0 Å². The summed E-state index contributed by atoms with van der Waals surface area (Å²) in [6.07, 6.45) is 0.335. The van der Waals surface area contributed by atoms with Crippen molar-refractivity contribution in [2.24, 2.45) is 0 Å². The van der Waals surface area contributed by atoms with E-state index in [4.69, 9.17) is 0 Å². The third-order valence-electron chi connectivity index (χ3n) is 2.60. The Kier molecular flexibility index (Phi) is 3.21. The lowest BCUT2D eigenvalue weighted by molar-refractivity contribution is -0.139. The molecule has 0 saturated carbocycles. The van der Waals surface area contributed by atoms with Gasteiger partial charge in [-0.15, -0.1) is 24.0 Å². The number of carbonyl (C=O) groups excluding carboxylic acids is 1. The molecule has 84 valence electrons. The summed E-state index contributed by atoms with van der Waals surface area (Å²) in [5.41, 5.74) is 2.20. The Balaban J connectivity index is 2.50. The molecule has 0 radical (unpaired) electrons. The fourth-order valence-electron chi connectivity index (χ4n) is 1.64. The van der Waals surface area contributed by atoms with Gasteiger partial charge in [0.2, 0.25) is 0 Å². The number of fused-ring (bicyclic) bond motifs is 1. The van der Waals surface area contributed by atoms with Gasteiger partial charge in [-0.1, -0.05) is 6.07 Å². The lowest BCUT2D eigenvalue weighted by Gasteiger charge is -2.02. The quantitative estimate of drug-likeness (QED) is 0.656. The molecule has 0 saturated heterocycles. The summed E-state index contributed by atoms with van der Waals surface area (Å²) in [4.78, 5) is 12.2. The van der Waals surface area contributed by atoms with Crippen LogP contribution in [0, 0.1) is 6.92 Å². The molecule has 2 nitrogen and oxygen atoms in total. The van der Waals surface area contributed by atoms with Gasteiger partial charge in [0.05, 0.1) is 13.5 Å². The second-order valence-electron chi connectivity index (χ2n) is 3.60. The van der Waals surface area contributed by atoms with E-state index in [1.807, 2.05) is 24.4 Å². The Morgan fingerprint density at radius 2 is 2.25 bits per heavy atom. The Hall–Kier alpha value is -1.00. The SMILES string of the molecule is COC(=O)Cc1csc2c(C)c(S)ccc12. The lowest BCUT2D eigenvalue weighted by Crippen LogP contribution is -2.03. The minimum atomic E-state index is -0.202. The van der Waals surface area contributed by atoms with Gasteiger partial charge in [-0.05, 0) is 34.9 Å². The van der Waals surface area contributed by atoms with Gasteiger partial charge < -0.3 is 4.74 Å². The summed E-state index contributed by atoms with van der Waals surface area (Å²) in [6.45, 7) is 2.04. The van der Waals surface area contributed by atoms with E-state index in [-0.39, 0.29) is 5.97 Å². The summed E-state index contributed by atoms with van der Waals surface area (Å²) in [5.74, 6) is -0.202. The molecule has 4 heteroatoms. The molecule has 2 rings (SSSR count). The molecule has 16 heavy (non-hydrogen) atoms. The Morgan fingerprint density at radius 3 is 2.94 bits per heavy atom. The average Bonchev–Trinajstić information content (AvgIpc) is 2.67. The predicted octanol–water partition coefficient (Wildman–Crippen LogP) is 3.21. The number of ether oxygens (including phenoxy) is 1. The van der Waals surface area contributed by atoms with E-state index >= 15 is 0 Å². The molecule has 0 aliphatic rings. The van der Waals surface area contributed by atoms with Crippen molar-refractivity contribution in [3.05, 3.63) is 28.6 Å². The smallest absolute Gasteiger partial charge is 0.310 e. The summed E-state index contributed by atoms with van der Waals surface area (Å²) < 4.78 is 5.88. The number of thiophene rings is 1. The summed E-state index contributed by atoms with van der Waals surface area (Å²) in [5, 5.41) is 3.15. The van der Waals surface area contributed by atoms with Crippen molar-refractivity contribution >= 4 is 40.0 Å². The van der Waals surface area contributed by atoms with Crippen LogP contribution >= 0.6 is 24.0 Å². The maximum atomic E-state index is 11.2. The largest absolute Gasteiger partial charge is 0.469 e. The number of carbonyl (C=O) groups is 1. The second kappa shape index (κ2) is 4.47. The normalized spacial score (nSPS) is 10.7. The number of aryl methyl sites for hydroxylation is 1. The zero-order valence-corrected chi connectivity index (χ0v) is 10.8. The molecule has 0 aliphatic heterocycles. The number of thiol groups is 1. The van der Waals surface area contributed by atoms with Crippen molar-refractivity contribution in [2.75, 3.05) is 7.11 Å². The van der Waals surface area contributed by atoms with E-state index in [2.05, 4.69) is 17.4 Å². The number of benzene rings is 1. The van der Waals surface area contributed by atoms with Crippen molar-refractivity contribution in [3.63, 3.8) is 0 Å². The van der Waals surface area contributed by atoms with Crippen LogP contribution < -0.4 is 0 Å². The van der Waals surface area contributed by atoms with Crippen molar-refractivity contribution in [1.29, 1.82) is 0 Å². The maximum Gasteiger partial charge on any atom is 0.310 e. The number of rotatable bonds is 2. The fraction of sp³-hybridized carbons (Fsp3) is 0.250. The van der Waals surface area contributed by atoms with Gasteiger partial charge in [0.15, 0.2) is 0 Å². The highest BCUT2D eigenvalue weighted by Gasteiger charge is 2.11. The van der Waals surface area contributed by atoms with Crippen LogP contribution in [-0.4, -0.2) is 13.1 Å². The lowest BCUT2D eigenvalue weighted by atomic mass is 10.1. The average molecular weight is 252 g/mol. The van der Waals surface area contributed by atoms with Gasteiger partial charge in [-0.25, -0.2) is 0 Å². The van der Waals surface area contributed by atoms with E-state index in [0.29, 0.717) is 6.42 Å². The molecule has 0 amide bonds. The Bertz CT molecular complexity index is 543. The van der Waals surface area contributed by atoms with Gasteiger partial charge in [0.25, 0.3) is 0 Å². The molecule has 0 atom stereocenters. The molecule has 1 heterocycles. The Morgan fingerprint density at radius 1 is 1.50 bits per heavy atom. The van der Waals surface area contributed by atoms with Crippen LogP contribution in [0.15, 0.2) is 22.4 Å². The molecule has 0 fully saturated rings. The first-order chi connectivity index (χ1) is 7.63. The third-order valence-corrected chi connectivity index (χ3v) is 4.25. The molecular formula is C12H12O2S2. The minimum absolute atomic E-state index is 0.202. The van der Waals surface area contributed by atoms with Crippen LogP contribution in [-0.2, 0) is 16.0 Å². The number of methoxy groups -OCH3 is 1. The van der Waals surface area contributed by atoms with E-state index in [0.717, 1.165) is 15.8 Å². The van der Waals surface area contributed by atoms with E-state index < -0.39 is 0 Å². The monoisotopic (exact) mass is 252 g/mol. The Labute approximate surface area is 104 Å². The molecule has 0 spiro atoms. The summed E-state index contributed by atoms with van der Waals surface area (Å²) >= 11 is 6.04. The zero-order chi connectivity index (χ0) is 11.7. The van der Waals surface area contributed by atoms with Crippen LogP contribution in [0.5, 0.6) is 0 Å². The first-order valence-electron chi connectivity index (χ1n) is 4.89. The molecule has 1 aromatic heterocycles. The van der Waals surface area contributed by atoms with Gasteiger partial charge >= 0.3 is 5.97 Å². The molecule has 1 aromatic carbocycles. The number of esters is 1. The van der Waals surface area contributed by atoms with Gasteiger partial charge in [-0.3, -0.25) is 4.79 Å². The maximum absolute atomic E-state index is 11.2. The van der Waals surface area contributed by atoms with Crippen molar-refractivity contribution in [3.8, 4) is 0 Å². The first kappa shape index (κ1) is 11.5. The zero-order valence-electron chi connectivity index (χ0n) is 9.11. The van der Waals surface area contributed by atoms with E-state index in [1.165, 1.54) is 17.4 Å². The number of hydrogen-bond acceptors (Lipinski definition) is 4. The minimum Gasteiger partial charge on any atom is -0.469 e. The second-order valence-corrected chi connectivity index (χ2v) is 4.96. The standard InChI is InChI=1S/C12H12O2S2/c1-7-10(15)4-3-9-8(5-11(13)14-2)6-16-12(7)9/h3-4,6,15H,5H2,1-2H3. The van der Waals surface area contributed by atoms with Gasteiger partial charge in [-0.2, -0.15) is 0 Å². The first-order valence-corrected chi connectivity index (χ1v) is 6.21. The van der Waals surface area contributed by atoms with Crippen LogP contribution in [0.1, 0.15) is 11.1 Å². The predicted molar refractivity (Wildman–Crippen MR) is 69.5 cm³/mol. The van der Waals surface area contributed by atoms with Crippen molar-refractivity contribution in [1.82, 2.24) is 0 Å². The van der Waals surface area contributed by atoms with E-state index in [1.54, 1.807) is 11.3 Å². The van der Waals surface area contributed by atoms with Crippen LogP contribution in [0.3, 0.4) is 0 Å². The molecule has 2 aromatic rings. The van der Waals surface area contributed by atoms with Crippen LogP contribution in [0.4, 0.5) is 0 Å². The molecule has 0 bridgehead atoms. The number of hydrogen-bond donors (Lipinski definition) is 1.